The number of halogens is 1. The van der Waals surface area contributed by atoms with Gasteiger partial charge in [-0.2, -0.15) is 0 Å². The van der Waals surface area contributed by atoms with E-state index in [-0.39, 0.29) is 12.0 Å². The minimum absolute atomic E-state index is 0.162. The SMILES string of the molecule is O=C(Cc1ccccc1F)NNC(=O)c1ccc(CSc2nc3ccccc3[nH]2)cc1. The van der Waals surface area contributed by atoms with Crippen molar-refractivity contribution in [1.29, 1.82) is 0 Å². The van der Waals surface area contributed by atoms with Gasteiger partial charge in [0.2, 0.25) is 5.91 Å². The lowest BCUT2D eigenvalue weighted by atomic mass is 10.1. The monoisotopic (exact) mass is 434 g/mol. The second-order valence-electron chi connectivity index (χ2n) is 6.82. The van der Waals surface area contributed by atoms with Gasteiger partial charge in [-0.15, -0.1) is 0 Å². The van der Waals surface area contributed by atoms with E-state index < -0.39 is 17.6 Å². The lowest BCUT2D eigenvalue weighted by Crippen LogP contribution is -2.42. The normalized spacial score (nSPS) is 10.7. The first-order chi connectivity index (χ1) is 15.1. The van der Waals surface area contributed by atoms with Crippen LogP contribution in [0, 0.1) is 5.82 Å². The summed E-state index contributed by atoms with van der Waals surface area (Å²) in [6, 6.07) is 20.9. The molecule has 3 N–H and O–H groups in total. The molecule has 2 amide bonds. The predicted octanol–water partition coefficient (Wildman–Crippen LogP) is 4.00. The van der Waals surface area contributed by atoms with Gasteiger partial charge in [-0.3, -0.25) is 20.4 Å². The van der Waals surface area contributed by atoms with E-state index >= 15 is 0 Å². The zero-order valence-electron chi connectivity index (χ0n) is 16.4. The number of carbonyl (C=O) groups excluding carboxylic acids is 2. The lowest BCUT2D eigenvalue weighted by molar-refractivity contribution is -0.121. The van der Waals surface area contributed by atoms with Gasteiger partial charge in [-0.05, 0) is 41.5 Å². The molecule has 0 saturated heterocycles. The van der Waals surface area contributed by atoms with Crippen LogP contribution in [0.15, 0.2) is 78.0 Å². The molecule has 4 rings (SSSR count). The van der Waals surface area contributed by atoms with E-state index in [9.17, 15) is 14.0 Å². The number of nitrogens with one attached hydrogen (secondary N) is 3. The molecule has 6 nitrogen and oxygen atoms in total. The summed E-state index contributed by atoms with van der Waals surface area (Å²) >= 11 is 1.57. The van der Waals surface area contributed by atoms with E-state index in [0.717, 1.165) is 21.8 Å². The molecular weight excluding hydrogens is 415 g/mol. The number of hydrogen-bond acceptors (Lipinski definition) is 4. The van der Waals surface area contributed by atoms with E-state index in [4.69, 9.17) is 0 Å². The van der Waals surface area contributed by atoms with Crippen molar-refractivity contribution in [3.63, 3.8) is 0 Å². The van der Waals surface area contributed by atoms with Crippen LogP contribution in [0.3, 0.4) is 0 Å². The molecule has 0 radical (unpaired) electrons. The first kappa shape index (κ1) is 20.6. The highest BCUT2D eigenvalue weighted by Crippen LogP contribution is 2.23. The highest BCUT2D eigenvalue weighted by atomic mass is 32.2. The fourth-order valence-electron chi connectivity index (χ4n) is 2.96. The van der Waals surface area contributed by atoms with E-state index in [2.05, 4.69) is 20.8 Å². The number of hydrogen-bond donors (Lipinski definition) is 3. The van der Waals surface area contributed by atoms with Crippen LogP contribution in [-0.2, 0) is 17.0 Å². The Hall–Kier alpha value is -3.65. The van der Waals surface area contributed by atoms with Crippen molar-refractivity contribution < 1.29 is 14.0 Å². The average Bonchev–Trinajstić information content (AvgIpc) is 3.21. The Bertz CT molecular complexity index is 1190. The number of rotatable bonds is 6. The molecule has 0 bridgehead atoms. The molecule has 4 aromatic rings. The van der Waals surface area contributed by atoms with Crippen molar-refractivity contribution >= 4 is 34.6 Å². The molecule has 0 spiro atoms. The van der Waals surface area contributed by atoms with Gasteiger partial charge in [0.05, 0.1) is 17.5 Å². The number of benzene rings is 3. The van der Waals surface area contributed by atoms with Crippen LogP contribution in [0.25, 0.3) is 11.0 Å². The summed E-state index contributed by atoms with van der Waals surface area (Å²) in [5.41, 5.74) is 8.28. The second kappa shape index (κ2) is 9.44. The van der Waals surface area contributed by atoms with Crippen LogP contribution < -0.4 is 10.9 Å². The third-order valence-corrected chi connectivity index (χ3v) is 5.53. The summed E-state index contributed by atoms with van der Waals surface area (Å²) in [6.45, 7) is 0. The molecule has 1 aromatic heterocycles. The molecule has 0 aliphatic rings. The van der Waals surface area contributed by atoms with Gasteiger partial charge in [0.25, 0.3) is 5.91 Å². The fraction of sp³-hybridized carbons (Fsp3) is 0.0870. The Morgan fingerprint density at radius 3 is 2.45 bits per heavy atom. The predicted molar refractivity (Wildman–Crippen MR) is 118 cm³/mol. The Morgan fingerprint density at radius 1 is 0.935 bits per heavy atom. The maximum Gasteiger partial charge on any atom is 0.269 e. The van der Waals surface area contributed by atoms with Gasteiger partial charge >= 0.3 is 0 Å². The van der Waals surface area contributed by atoms with Gasteiger partial charge in [0.1, 0.15) is 5.82 Å². The van der Waals surface area contributed by atoms with Crippen molar-refractivity contribution in [2.24, 2.45) is 0 Å². The summed E-state index contributed by atoms with van der Waals surface area (Å²) in [5, 5.41) is 0.834. The Kier molecular flexibility index (Phi) is 6.28. The van der Waals surface area contributed by atoms with E-state index in [0.29, 0.717) is 11.3 Å². The molecule has 0 aliphatic carbocycles. The average molecular weight is 434 g/mol. The van der Waals surface area contributed by atoms with Crippen LogP contribution in [0.4, 0.5) is 4.39 Å². The zero-order valence-corrected chi connectivity index (χ0v) is 17.2. The van der Waals surface area contributed by atoms with Crippen molar-refractivity contribution in [1.82, 2.24) is 20.8 Å². The van der Waals surface area contributed by atoms with Crippen LogP contribution in [0.5, 0.6) is 0 Å². The third-order valence-electron chi connectivity index (χ3n) is 4.58. The molecule has 8 heteroatoms. The third kappa shape index (κ3) is 5.29. The number of para-hydroxylation sites is 2. The summed E-state index contributed by atoms with van der Waals surface area (Å²) < 4.78 is 13.6. The molecule has 3 aromatic carbocycles. The summed E-state index contributed by atoms with van der Waals surface area (Å²) in [6.07, 6.45) is -0.162. The summed E-state index contributed by atoms with van der Waals surface area (Å²) in [5.74, 6) is -0.711. The number of imidazole rings is 1. The number of aromatic nitrogens is 2. The summed E-state index contributed by atoms with van der Waals surface area (Å²) in [7, 11) is 0. The molecule has 31 heavy (non-hydrogen) atoms. The lowest BCUT2D eigenvalue weighted by Gasteiger charge is -2.08. The number of thioether (sulfide) groups is 1. The van der Waals surface area contributed by atoms with Crippen LogP contribution >= 0.6 is 11.8 Å². The molecule has 0 fully saturated rings. The van der Waals surface area contributed by atoms with Crippen LogP contribution in [-0.4, -0.2) is 21.8 Å². The largest absolute Gasteiger partial charge is 0.333 e. The van der Waals surface area contributed by atoms with Crippen molar-refractivity contribution in [3.05, 3.63) is 95.3 Å². The molecule has 0 saturated carbocycles. The maximum atomic E-state index is 13.6. The quantitative estimate of drug-likeness (QED) is 0.316. The molecule has 156 valence electrons. The van der Waals surface area contributed by atoms with E-state index in [1.54, 1.807) is 36.0 Å². The van der Waals surface area contributed by atoms with Gasteiger partial charge in [-0.1, -0.05) is 54.2 Å². The Morgan fingerprint density at radius 2 is 1.68 bits per heavy atom. The number of aromatic amines is 1. The fourth-order valence-corrected chi connectivity index (χ4v) is 3.80. The molecular formula is C23H19FN4O2S. The standard InChI is InChI=1S/C23H19FN4O2S/c24-18-6-2-1-5-17(18)13-21(29)27-28-22(30)16-11-9-15(10-12-16)14-31-23-25-19-7-3-4-8-20(19)26-23/h1-12H,13-14H2,(H,25,26)(H,27,29)(H,28,30). The number of H-pyrrole nitrogens is 1. The number of amides is 2. The first-order valence-corrected chi connectivity index (χ1v) is 10.6. The van der Waals surface area contributed by atoms with Crippen LogP contribution in [0.1, 0.15) is 21.5 Å². The highest BCUT2D eigenvalue weighted by Gasteiger charge is 2.10. The van der Waals surface area contributed by atoms with Crippen LogP contribution in [0.2, 0.25) is 0 Å². The highest BCUT2D eigenvalue weighted by molar-refractivity contribution is 7.98. The second-order valence-corrected chi connectivity index (χ2v) is 7.78. The smallest absolute Gasteiger partial charge is 0.269 e. The minimum atomic E-state index is -0.502. The Balaban J connectivity index is 1.27. The number of nitrogens with zero attached hydrogens (tertiary/aromatic N) is 1. The molecule has 1 heterocycles. The van der Waals surface area contributed by atoms with Gasteiger partial charge < -0.3 is 4.98 Å². The zero-order chi connectivity index (χ0) is 21.6. The topological polar surface area (TPSA) is 86.9 Å². The van der Waals surface area contributed by atoms with Gasteiger partial charge in [-0.25, -0.2) is 9.37 Å². The van der Waals surface area contributed by atoms with E-state index in [1.165, 1.54) is 12.1 Å². The van der Waals surface area contributed by atoms with Crippen molar-refractivity contribution in [2.45, 2.75) is 17.3 Å². The van der Waals surface area contributed by atoms with Crippen molar-refractivity contribution in [3.8, 4) is 0 Å². The van der Waals surface area contributed by atoms with Gasteiger partial charge in [0, 0.05) is 11.3 Å². The molecule has 0 unspecified atom stereocenters. The maximum absolute atomic E-state index is 13.6. The Labute approximate surface area is 182 Å². The minimum Gasteiger partial charge on any atom is -0.333 e. The van der Waals surface area contributed by atoms with E-state index in [1.807, 2.05) is 36.4 Å². The first-order valence-electron chi connectivity index (χ1n) is 9.57. The van der Waals surface area contributed by atoms with Gasteiger partial charge in [0.15, 0.2) is 5.16 Å². The number of fused-ring (bicyclic) bond motifs is 1. The number of hydrazine groups is 1. The molecule has 0 aliphatic heterocycles. The summed E-state index contributed by atoms with van der Waals surface area (Å²) in [4.78, 5) is 32.0. The van der Waals surface area contributed by atoms with Crippen molar-refractivity contribution in [2.75, 3.05) is 0 Å². The number of carbonyl (C=O) groups is 2. The molecule has 0 atom stereocenters.